The smallest absolute Gasteiger partial charge is 0.279 e. The fourth-order valence-electron chi connectivity index (χ4n) is 1.63. The monoisotopic (exact) mass is 271 g/mol. The van der Waals surface area contributed by atoms with Crippen LogP contribution in [0.25, 0.3) is 0 Å². The molecule has 0 heterocycles. The highest BCUT2D eigenvalue weighted by atomic mass is 32.2. The van der Waals surface area contributed by atoms with Gasteiger partial charge in [-0.15, -0.1) is 0 Å². The average Bonchev–Trinajstić information content (AvgIpc) is 2.31. The molecule has 0 aliphatic rings. The van der Waals surface area contributed by atoms with E-state index in [9.17, 15) is 8.42 Å². The molecule has 3 N–H and O–H groups in total. The summed E-state index contributed by atoms with van der Waals surface area (Å²) in [5.41, 5.74) is 7.21. The summed E-state index contributed by atoms with van der Waals surface area (Å²) in [6.07, 6.45) is 0.777. The molecular weight excluding hydrogens is 250 g/mol. The Hall–Kier alpha value is -1.11. The Morgan fingerprint density at radius 3 is 2.33 bits per heavy atom. The van der Waals surface area contributed by atoms with Crippen molar-refractivity contribution in [3.05, 3.63) is 29.8 Å². The van der Waals surface area contributed by atoms with Crippen LogP contribution < -0.4 is 10.5 Å². The van der Waals surface area contributed by atoms with E-state index in [1.165, 1.54) is 4.31 Å². The zero-order chi connectivity index (χ0) is 13.6. The molecule has 0 unspecified atom stereocenters. The molecule has 0 spiro atoms. The van der Waals surface area contributed by atoms with E-state index >= 15 is 0 Å². The first kappa shape index (κ1) is 14.9. The van der Waals surface area contributed by atoms with E-state index in [1.54, 1.807) is 19.1 Å². The van der Waals surface area contributed by atoms with Gasteiger partial charge in [0.05, 0.1) is 0 Å². The maximum atomic E-state index is 12.0. The van der Waals surface area contributed by atoms with E-state index in [2.05, 4.69) is 4.72 Å². The van der Waals surface area contributed by atoms with Crippen molar-refractivity contribution in [1.82, 2.24) is 9.03 Å². The van der Waals surface area contributed by atoms with Crippen molar-refractivity contribution in [3.8, 4) is 0 Å². The molecule has 0 fully saturated rings. The Kier molecular flexibility index (Phi) is 5.58. The van der Waals surface area contributed by atoms with Crippen LogP contribution in [0.2, 0.25) is 0 Å². The molecule has 0 radical (unpaired) electrons. The van der Waals surface area contributed by atoms with E-state index in [4.69, 9.17) is 5.73 Å². The van der Waals surface area contributed by atoms with Crippen LogP contribution in [0.3, 0.4) is 0 Å². The fourth-order valence-corrected chi connectivity index (χ4v) is 2.92. The number of hydrogen-bond acceptors (Lipinski definition) is 3. The predicted octanol–water partition coefficient (Wildman–Crippen LogP) is 1.34. The zero-order valence-corrected chi connectivity index (χ0v) is 11.7. The molecule has 6 heteroatoms. The van der Waals surface area contributed by atoms with E-state index in [0.717, 1.165) is 12.0 Å². The molecule has 0 aromatic heterocycles. The largest absolute Gasteiger partial charge is 0.399 e. The summed E-state index contributed by atoms with van der Waals surface area (Å²) in [7, 11) is -3.39. The molecule has 0 bridgehead atoms. The molecule has 0 saturated heterocycles. The minimum atomic E-state index is -3.39. The van der Waals surface area contributed by atoms with Crippen LogP contribution in [0, 0.1) is 0 Å². The van der Waals surface area contributed by atoms with Gasteiger partial charge in [-0.25, -0.2) is 4.72 Å². The van der Waals surface area contributed by atoms with Crippen LogP contribution in [-0.2, 0) is 16.8 Å². The van der Waals surface area contributed by atoms with Crippen LogP contribution >= 0.6 is 0 Å². The lowest BCUT2D eigenvalue weighted by Crippen LogP contribution is -2.40. The molecule has 0 saturated carbocycles. The first-order chi connectivity index (χ1) is 8.49. The molecule has 1 aromatic carbocycles. The van der Waals surface area contributed by atoms with Gasteiger partial charge in [0, 0.05) is 25.3 Å². The molecule has 5 nitrogen and oxygen atoms in total. The van der Waals surface area contributed by atoms with Gasteiger partial charge in [0.15, 0.2) is 0 Å². The second-order valence-corrected chi connectivity index (χ2v) is 5.83. The van der Waals surface area contributed by atoms with Gasteiger partial charge in [-0.3, -0.25) is 0 Å². The van der Waals surface area contributed by atoms with Crippen LogP contribution in [0.15, 0.2) is 24.3 Å². The number of nitrogens with zero attached hydrogens (tertiary/aromatic N) is 1. The number of nitrogens with two attached hydrogens (primary N) is 1. The van der Waals surface area contributed by atoms with Crippen molar-refractivity contribution < 1.29 is 8.42 Å². The highest BCUT2D eigenvalue weighted by Gasteiger charge is 2.19. The van der Waals surface area contributed by atoms with Crippen LogP contribution in [0.5, 0.6) is 0 Å². The maximum Gasteiger partial charge on any atom is 0.279 e. The summed E-state index contributed by atoms with van der Waals surface area (Å²) in [6.45, 7) is 4.98. The molecule has 1 aromatic rings. The highest BCUT2D eigenvalue weighted by molar-refractivity contribution is 7.87. The van der Waals surface area contributed by atoms with E-state index in [1.807, 2.05) is 19.1 Å². The first-order valence-electron chi connectivity index (χ1n) is 6.08. The van der Waals surface area contributed by atoms with E-state index < -0.39 is 10.2 Å². The third kappa shape index (κ3) is 4.29. The molecule has 102 valence electrons. The highest BCUT2D eigenvalue weighted by Crippen LogP contribution is 2.11. The Morgan fingerprint density at radius 2 is 1.83 bits per heavy atom. The Balaban J connectivity index is 2.83. The minimum Gasteiger partial charge on any atom is -0.399 e. The zero-order valence-electron chi connectivity index (χ0n) is 10.9. The van der Waals surface area contributed by atoms with Gasteiger partial charge in [-0.1, -0.05) is 26.0 Å². The first-order valence-corrected chi connectivity index (χ1v) is 7.52. The van der Waals surface area contributed by atoms with Crippen LogP contribution in [-0.4, -0.2) is 25.8 Å². The molecule has 0 aliphatic heterocycles. The van der Waals surface area contributed by atoms with Crippen molar-refractivity contribution in [3.63, 3.8) is 0 Å². The lowest BCUT2D eigenvalue weighted by atomic mass is 10.2. The predicted molar refractivity (Wildman–Crippen MR) is 74.2 cm³/mol. The quantitative estimate of drug-likeness (QED) is 0.735. The lowest BCUT2D eigenvalue weighted by molar-refractivity contribution is 0.398. The molecule has 0 aliphatic carbocycles. The molecule has 0 amide bonds. The van der Waals surface area contributed by atoms with Crippen LogP contribution in [0.4, 0.5) is 5.69 Å². The number of hydrogen-bond donors (Lipinski definition) is 2. The summed E-state index contributed by atoms with van der Waals surface area (Å²) in [4.78, 5) is 0. The van der Waals surface area contributed by atoms with Gasteiger partial charge >= 0.3 is 0 Å². The second kappa shape index (κ2) is 6.72. The van der Waals surface area contributed by atoms with E-state index in [-0.39, 0.29) is 0 Å². The number of nitrogen functional groups attached to an aromatic ring is 1. The number of anilines is 1. The fraction of sp³-hybridized carbons (Fsp3) is 0.500. The van der Waals surface area contributed by atoms with Crippen LogP contribution in [0.1, 0.15) is 25.8 Å². The maximum absolute atomic E-state index is 12.0. The number of rotatable bonds is 7. The van der Waals surface area contributed by atoms with Gasteiger partial charge < -0.3 is 5.73 Å². The third-order valence-corrected chi connectivity index (χ3v) is 4.12. The number of nitrogens with one attached hydrogen (secondary N) is 1. The molecule has 18 heavy (non-hydrogen) atoms. The van der Waals surface area contributed by atoms with Gasteiger partial charge in [0.1, 0.15) is 0 Å². The second-order valence-electron chi connectivity index (χ2n) is 4.08. The summed E-state index contributed by atoms with van der Waals surface area (Å²) < 4.78 is 27.9. The third-order valence-electron chi connectivity index (χ3n) is 2.48. The summed E-state index contributed by atoms with van der Waals surface area (Å²) in [5, 5.41) is 0. The Labute approximate surface area is 109 Å². The van der Waals surface area contributed by atoms with Gasteiger partial charge in [-0.05, 0) is 24.1 Å². The van der Waals surface area contributed by atoms with E-state index in [0.29, 0.717) is 25.3 Å². The lowest BCUT2D eigenvalue weighted by Gasteiger charge is -2.21. The Bertz CT molecular complexity index is 457. The van der Waals surface area contributed by atoms with Crippen molar-refractivity contribution in [2.75, 3.05) is 18.8 Å². The van der Waals surface area contributed by atoms with Gasteiger partial charge in [0.2, 0.25) is 0 Å². The standard InChI is InChI=1S/C12H21N3O2S/c1-3-9-15(18(16,17)14-4-2)10-11-5-7-12(13)8-6-11/h5-8,14H,3-4,9-10,13H2,1-2H3. The average molecular weight is 271 g/mol. The SMILES string of the molecule is CCCN(Cc1ccc(N)cc1)S(=O)(=O)NCC. The van der Waals surface area contributed by atoms with Crippen molar-refractivity contribution >= 4 is 15.9 Å². The molecule has 1 rings (SSSR count). The topological polar surface area (TPSA) is 75.4 Å². The minimum absolute atomic E-state index is 0.365. The summed E-state index contributed by atoms with van der Waals surface area (Å²) >= 11 is 0. The van der Waals surface area contributed by atoms with Gasteiger partial charge in [0.25, 0.3) is 10.2 Å². The van der Waals surface area contributed by atoms with Crippen molar-refractivity contribution in [2.24, 2.45) is 0 Å². The normalized spacial score (nSPS) is 11.9. The summed E-state index contributed by atoms with van der Waals surface area (Å²) in [5.74, 6) is 0. The van der Waals surface area contributed by atoms with Crippen molar-refractivity contribution in [2.45, 2.75) is 26.8 Å². The van der Waals surface area contributed by atoms with Gasteiger partial charge in [-0.2, -0.15) is 12.7 Å². The number of benzene rings is 1. The molecule has 0 atom stereocenters. The van der Waals surface area contributed by atoms with Crippen molar-refractivity contribution in [1.29, 1.82) is 0 Å². The Morgan fingerprint density at radius 1 is 1.22 bits per heavy atom. The summed E-state index contributed by atoms with van der Waals surface area (Å²) in [6, 6.07) is 7.25. The molecular formula is C12H21N3O2S.